The van der Waals surface area contributed by atoms with E-state index in [9.17, 15) is 14.4 Å². The maximum atomic E-state index is 13.3. The number of rotatable bonds is 15. The van der Waals surface area contributed by atoms with Gasteiger partial charge >= 0.3 is 6.09 Å². The molecule has 1 fully saturated rings. The second-order valence-electron chi connectivity index (χ2n) is 10.7. The predicted molar refractivity (Wildman–Crippen MR) is 165 cm³/mol. The van der Waals surface area contributed by atoms with Crippen molar-refractivity contribution in [2.75, 3.05) is 47.6 Å². The van der Waals surface area contributed by atoms with Crippen molar-refractivity contribution in [1.29, 1.82) is 0 Å². The molecule has 0 saturated carbocycles. The van der Waals surface area contributed by atoms with Crippen molar-refractivity contribution in [3.63, 3.8) is 0 Å². The maximum absolute atomic E-state index is 13.3. The van der Waals surface area contributed by atoms with Crippen molar-refractivity contribution in [2.45, 2.75) is 44.6 Å². The first-order valence-corrected chi connectivity index (χ1v) is 14.9. The molecule has 2 amide bonds. The van der Waals surface area contributed by atoms with Crippen molar-refractivity contribution < 1.29 is 33.3 Å². The molecule has 0 bridgehead atoms. The van der Waals surface area contributed by atoms with Crippen LogP contribution in [0, 0.1) is 0 Å². The van der Waals surface area contributed by atoms with Gasteiger partial charge in [0.25, 0.3) is 11.7 Å². The lowest BCUT2D eigenvalue weighted by Gasteiger charge is -2.26. The standard InChI is InChI=1S/C34H41N3O7/c1-41-29-21-27(22-30(42-2)32(29)43-3)31(38)33(39)37-20-10-16-28(37)24-44-34(40)36(18-8-14-25-11-5-4-6-12-25)19-9-15-26-13-7-17-35-23-26/h4-7,11-13,17,21-23,28H,8-10,14-16,18-20,24H2,1-3H3/t28-/m0/s1. The van der Waals surface area contributed by atoms with Crippen LogP contribution in [-0.4, -0.2) is 86.2 Å². The molecule has 0 spiro atoms. The van der Waals surface area contributed by atoms with Gasteiger partial charge in [0, 0.05) is 37.6 Å². The molecular formula is C34H41N3O7. The molecule has 4 rings (SSSR count). The highest BCUT2D eigenvalue weighted by molar-refractivity contribution is 6.43. The fraction of sp³-hybridized carbons (Fsp3) is 0.412. The highest BCUT2D eigenvalue weighted by atomic mass is 16.6. The van der Waals surface area contributed by atoms with Gasteiger partial charge in [-0.2, -0.15) is 0 Å². The average Bonchev–Trinajstić information content (AvgIpc) is 3.54. The van der Waals surface area contributed by atoms with Crippen molar-refractivity contribution in [3.8, 4) is 17.2 Å². The Morgan fingerprint density at radius 1 is 0.886 bits per heavy atom. The first-order valence-electron chi connectivity index (χ1n) is 14.9. The predicted octanol–water partition coefficient (Wildman–Crippen LogP) is 4.99. The van der Waals surface area contributed by atoms with Crippen molar-refractivity contribution >= 4 is 17.8 Å². The van der Waals surface area contributed by atoms with Gasteiger partial charge in [0.1, 0.15) is 6.61 Å². The van der Waals surface area contributed by atoms with E-state index in [2.05, 4.69) is 17.1 Å². The van der Waals surface area contributed by atoms with Crippen LogP contribution in [0.5, 0.6) is 17.2 Å². The van der Waals surface area contributed by atoms with Gasteiger partial charge in [0.2, 0.25) is 5.75 Å². The number of likely N-dealkylation sites (tertiary alicyclic amines) is 1. The Balaban J connectivity index is 1.37. The average molecular weight is 604 g/mol. The molecule has 1 aromatic heterocycles. The third kappa shape index (κ3) is 8.49. The molecule has 44 heavy (non-hydrogen) atoms. The molecule has 1 aliphatic rings. The third-order valence-electron chi connectivity index (χ3n) is 7.77. The SMILES string of the molecule is COc1cc(C(=O)C(=O)N2CCC[C@H]2COC(=O)N(CCCc2ccccc2)CCCc2cccnc2)cc(OC)c1OC. The van der Waals surface area contributed by atoms with Gasteiger partial charge in [-0.3, -0.25) is 14.6 Å². The van der Waals surface area contributed by atoms with Gasteiger partial charge in [0.15, 0.2) is 11.5 Å². The number of ether oxygens (including phenoxy) is 4. The second-order valence-corrected chi connectivity index (χ2v) is 10.7. The Bertz CT molecular complexity index is 1310. The van der Waals surface area contributed by atoms with E-state index in [1.165, 1.54) is 43.9 Å². The van der Waals surface area contributed by atoms with Crippen LogP contribution in [0.4, 0.5) is 4.79 Å². The summed E-state index contributed by atoms with van der Waals surface area (Å²) in [5, 5.41) is 0. The minimum absolute atomic E-state index is 0.0187. The van der Waals surface area contributed by atoms with Gasteiger partial charge in [-0.05, 0) is 67.9 Å². The Kier molecular flexibility index (Phi) is 12.0. The summed E-state index contributed by atoms with van der Waals surface area (Å²) >= 11 is 0. The van der Waals surface area contributed by atoms with Crippen LogP contribution in [0.25, 0.3) is 0 Å². The van der Waals surface area contributed by atoms with Gasteiger partial charge in [-0.15, -0.1) is 0 Å². The van der Waals surface area contributed by atoms with E-state index in [-0.39, 0.29) is 29.7 Å². The quantitative estimate of drug-likeness (QED) is 0.177. The van der Waals surface area contributed by atoms with Crippen LogP contribution in [0.15, 0.2) is 67.0 Å². The number of methoxy groups -OCH3 is 3. The number of carbonyl (C=O) groups excluding carboxylic acids is 3. The molecule has 10 nitrogen and oxygen atoms in total. The number of aromatic nitrogens is 1. The summed E-state index contributed by atoms with van der Waals surface area (Å²) in [6, 6.07) is 16.6. The summed E-state index contributed by atoms with van der Waals surface area (Å²) in [5.41, 5.74) is 2.46. The molecule has 0 N–H and O–H groups in total. The number of pyridine rings is 1. The molecule has 3 aromatic rings. The van der Waals surface area contributed by atoms with Crippen LogP contribution in [-0.2, 0) is 22.4 Å². The van der Waals surface area contributed by atoms with E-state index in [4.69, 9.17) is 18.9 Å². The lowest BCUT2D eigenvalue weighted by molar-refractivity contribution is -0.128. The Labute approximate surface area is 258 Å². The zero-order valence-electron chi connectivity index (χ0n) is 25.7. The highest BCUT2D eigenvalue weighted by Gasteiger charge is 2.35. The highest BCUT2D eigenvalue weighted by Crippen LogP contribution is 2.38. The minimum Gasteiger partial charge on any atom is -0.493 e. The van der Waals surface area contributed by atoms with E-state index in [1.54, 1.807) is 11.1 Å². The van der Waals surface area contributed by atoms with Gasteiger partial charge < -0.3 is 28.7 Å². The van der Waals surface area contributed by atoms with Gasteiger partial charge in [-0.1, -0.05) is 36.4 Å². The Morgan fingerprint density at radius 2 is 1.55 bits per heavy atom. The number of hydrogen-bond donors (Lipinski definition) is 0. The Morgan fingerprint density at radius 3 is 2.16 bits per heavy atom. The minimum atomic E-state index is -0.694. The first-order chi connectivity index (χ1) is 21.4. The van der Waals surface area contributed by atoms with Crippen molar-refractivity contribution in [2.24, 2.45) is 0 Å². The number of amides is 2. The zero-order valence-corrected chi connectivity index (χ0v) is 25.7. The normalized spacial score (nSPS) is 14.2. The van der Waals surface area contributed by atoms with E-state index >= 15 is 0 Å². The van der Waals surface area contributed by atoms with E-state index < -0.39 is 17.8 Å². The summed E-state index contributed by atoms with van der Waals surface area (Å²) < 4.78 is 21.8. The summed E-state index contributed by atoms with van der Waals surface area (Å²) in [6.07, 6.45) is 7.71. The number of ketones is 1. The number of hydrogen-bond acceptors (Lipinski definition) is 8. The van der Waals surface area contributed by atoms with Crippen LogP contribution < -0.4 is 14.2 Å². The topological polar surface area (TPSA) is 108 Å². The monoisotopic (exact) mass is 603 g/mol. The van der Waals surface area contributed by atoms with E-state index in [0.717, 1.165) is 31.2 Å². The smallest absolute Gasteiger partial charge is 0.409 e. The van der Waals surface area contributed by atoms with Crippen LogP contribution in [0.3, 0.4) is 0 Å². The number of aryl methyl sites for hydroxylation is 2. The zero-order chi connectivity index (χ0) is 31.3. The lowest BCUT2D eigenvalue weighted by Crippen LogP contribution is -2.43. The summed E-state index contributed by atoms with van der Waals surface area (Å²) in [4.78, 5) is 47.3. The van der Waals surface area contributed by atoms with E-state index in [1.807, 2.05) is 36.5 Å². The third-order valence-corrected chi connectivity index (χ3v) is 7.77. The van der Waals surface area contributed by atoms with Crippen LogP contribution in [0.1, 0.15) is 47.2 Å². The number of benzene rings is 2. The lowest BCUT2D eigenvalue weighted by atomic mass is 10.1. The Hall–Kier alpha value is -4.60. The molecule has 2 heterocycles. The molecule has 10 heteroatoms. The van der Waals surface area contributed by atoms with E-state index in [0.29, 0.717) is 38.2 Å². The second kappa shape index (κ2) is 16.3. The van der Waals surface area contributed by atoms with Gasteiger partial charge in [-0.25, -0.2) is 4.79 Å². The molecule has 0 radical (unpaired) electrons. The fourth-order valence-electron chi connectivity index (χ4n) is 5.43. The molecule has 1 saturated heterocycles. The largest absolute Gasteiger partial charge is 0.493 e. The van der Waals surface area contributed by atoms with Crippen LogP contribution >= 0.6 is 0 Å². The molecule has 0 unspecified atom stereocenters. The number of carbonyl (C=O) groups is 3. The number of nitrogens with zero attached hydrogens (tertiary/aromatic N) is 3. The first kappa shape index (κ1) is 32.3. The molecule has 1 aliphatic heterocycles. The van der Waals surface area contributed by atoms with Crippen LogP contribution in [0.2, 0.25) is 0 Å². The molecule has 234 valence electrons. The molecule has 2 aromatic carbocycles. The summed E-state index contributed by atoms with van der Waals surface area (Å²) in [6.45, 7) is 1.51. The summed E-state index contributed by atoms with van der Waals surface area (Å²) in [7, 11) is 4.36. The molecule has 0 aliphatic carbocycles. The maximum Gasteiger partial charge on any atom is 0.409 e. The number of Topliss-reactive ketones (excluding diaryl/α,β-unsaturated/α-hetero) is 1. The van der Waals surface area contributed by atoms with Crippen molar-refractivity contribution in [3.05, 3.63) is 83.7 Å². The molecular weight excluding hydrogens is 562 g/mol. The fourth-order valence-corrected chi connectivity index (χ4v) is 5.43. The summed E-state index contributed by atoms with van der Waals surface area (Å²) in [5.74, 6) is -0.454. The van der Waals surface area contributed by atoms with Crippen molar-refractivity contribution in [1.82, 2.24) is 14.8 Å². The molecule has 1 atom stereocenters. The van der Waals surface area contributed by atoms with Gasteiger partial charge in [0.05, 0.1) is 27.4 Å².